The highest BCUT2D eigenvalue weighted by atomic mass is 35.5. The Labute approximate surface area is 134 Å². The lowest BCUT2D eigenvalue weighted by Crippen LogP contribution is -1.89. The van der Waals surface area contributed by atoms with Crippen LogP contribution in [0.15, 0.2) is 60.7 Å². The third kappa shape index (κ3) is 2.66. The summed E-state index contributed by atoms with van der Waals surface area (Å²) in [4.78, 5) is 0. The van der Waals surface area contributed by atoms with Crippen LogP contribution in [0.25, 0.3) is 22.3 Å². The van der Waals surface area contributed by atoms with Gasteiger partial charge in [0.05, 0.1) is 5.02 Å². The number of aromatic hydroxyl groups is 2. The minimum Gasteiger partial charge on any atom is -0.508 e. The van der Waals surface area contributed by atoms with Crippen molar-refractivity contribution in [2.75, 3.05) is 0 Å². The van der Waals surface area contributed by atoms with Crippen LogP contribution in [0.4, 0.5) is 0 Å². The lowest BCUT2D eigenvalue weighted by Gasteiger charge is -2.14. The highest BCUT2D eigenvalue weighted by Crippen LogP contribution is 2.40. The maximum atomic E-state index is 9.48. The molecule has 0 fully saturated rings. The molecule has 0 heterocycles. The van der Waals surface area contributed by atoms with Crippen LogP contribution in [0.5, 0.6) is 11.5 Å². The van der Waals surface area contributed by atoms with Gasteiger partial charge in [-0.3, -0.25) is 0 Å². The van der Waals surface area contributed by atoms with E-state index in [1.807, 2.05) is 43.3 Å². The van der Waals surface area contributed by atoms with Gasteiger partial charge in [0.1, 0.15) is 11.5 Å². The second-order valence-electron chi connectivity index (χ2n) is 5.21. The molecule has 0 aliphatic rings. The molecule has 0 aromatic heterocycles. The summed E-state index contributed by atoms with van der Waals surface area (Å²) in [5.74, 6) is 0.451. The highest BCUT2D eigenvalue weighted by Gasteiger charge is 2.13. The summed E-state index contributed by atoms with van der Waals surface area (Å²) in [6.07, 6.45) is 0. The monoisotopic (exact) mass is 310 g/mol. The van der Waals surface area contributed by atoms with E-state index in [1.54, 1.807) is 24.3 Å². The largest absolute Gasteiger partial charge is 0.508 e. The zero-order valence-electron chi connectivity index (χ0n) is 12.0. The zero-order valence-corrected chi connectivity index (χ0v) is 12.8. The van der Waals surface area contributed by atoms with Crippen molar-refractivity contribution in [2.45, 2.75) is 6.92 Å². The van der Waals surface area contributed by atoms with Crippen molar-refractivity contribution in [1.29, 1.82) is 0 Å². The number of hydrogen-bond acceptors (Lipinski definition) is 2. The summed E-state index contributed by atoms with van der Waals surface area (Å²) >= 11 is 6.54. The first-order chi connectivity index (χ1) is 10.6. The molecular formula is C19H15ClO2. The fourth-order valence-corrected chi connectivity index (χ4v) is 2.75. The van der Waals surface area contributed by atoms with Crippen molar-refractivity contribution in [1.82, 2.24) is 0 Å². The van der Waals surface area contributed by atoms with Gasteiger partial charge in [0, 0.05) is 5.56 Å². The molecule has 2 N–H and O–H groups in total. The molecule has 0 saturated heterocycles. The van der Waals surface area contributed by atoms with E-state index in [0.29, 0.717) is 5.02 Å². The van der Waals surface area contributed by atoms with Gasteiger partial charge >= 0.3 is 0 Å². The molecule has 0 bridgehead atoms. The Morgan fingerprint density at radius 1 is 0.682 bits per heavy atom. The molecule has 3 aromatic rings. The van der Waals surface area contributed by atoms with Gasteiger partial charge in [-0.25, -0.2) is 0 Å². The molecule has 0 saturated carbocycles. The van der Waals surface area contributed by atoms with E-state index in [-0.39, 0.29) is 11.5 Å². The Hall–Kier alpha value is -2.45. The number of phenolic OH excluding ortho intramolecular Hbond substituents is 2. The Morgan fingerprint density at radius 3 is 1.73 bits per heavy atom. The van der Waals surface area contributed by atoms with Gasteiger partial charge in [-0.15, -0.1) is 0 Å². The smallest absolute Gasteiger partial charge is 0.115 e. The van der Waals surface area contributed by atoms with Gasteiger partial charge in [0.25, 0.3) is 0 Å². The zero-order chi connectivity index (χ0) is 15.7. The molecule has 22 heavy (non-hydrogen) atoms. The van der Waals surface area contributed by atoms with E-state index in [0.717, 1.165) is 27.8 Å². The lowest BCUT2D eigenvalue weighted by molar-refractivity contribution is 0.475. The van der Waals surface area contributed by atoms with Crippen LogP contribution in [0, 0.1) is 6.92 Å². The van der Waals surface area contributed by atoms with Gasteiger partial charge in [-0.2, -0.15) is 0 Å². The Morgan fingerprint density at radius 2 is 1.18 bits per heavy atom. The third-order valence-corrected chi connectivity index (χ3v) is 4.16. The van der Waals surface area contributed by atoms with Crippen LogP contribution in [0.1, 0.15) is 5.56 Å². The van der Waals surface area contributed by atoms with E-state index >= 15 is 0 Å². The molecule has 0 spiro atoms. The first-order valence-corrected chi connectivity index (χ1v) is 7.32. The van der Waals surface area contributed by atoms with Crippen molar-refractivity contribution in [3.05, 3.63) is 71.2 Å². The van der Waals surface area contributed by atoms with Crippen molar-refractivity contribution < 1.29 is 10.2 Å². The standard InChI is InChI=1S/C19H15ClO2/c1-12-2-11-17(13-3-7-15(21)8-4-13)18(19(12)20)14-5-9-16(22)10-6-14/h2-11,21-22H,1H3. The summed E-state index contributed by atoms with van der Waals surface area (Å²) in [6, 6.07) is 18.0. The average Bonchev–Trinajstić information content (AvgIpc) is 2.52. The second kappa shape index (κ2) is 5.74. The van der Waals surface area contributed by atoms with Gasteiger partial charge in [0.2, 0.25) is 0 Å². The predicted molar refractivity (Wildman–Crippen MR) is 90.4 cm³/mol. The van der Waals surface area contributed by atoms with Crippen molar-refractivity contribution in [3.8, 4) is 33.8 Å². The molecule has 3 heteroatoms. The predicted octanol–water partition coefficient (Wildman–Crippen LogP) is 5.39. The summed E-state index contributed by atoms with van der Waals surface area (Å²) < 4.78 is 0. The number of benzene rings is 3. The van der Waals surface area contributed by atoms with Crippen LogP contribution < -0.4 is 0 Å². The van der Waals surface area contributed by atoms with Crippen molar-refractivity contribution >= 4 is 11.6 Å². The maximum Gasteiger partial charge on any atom is 0.115 e. The number of rotatable bonds is 2. The van der Waals surface area contributed by atoms with E-state index in [4.69, 9.17) is 11.6 Å². The van der Waals surface area contributed by atoms with Gasteiger partial charge in [-0.05, 0) is 53.4 Å². The topological polar surface area (TPSA) is 40.5 Å². The molecular weight excluding hydrogens is 296 g/mol. The molecule has 2 nitrogen and oxygen atoms in total. The number of halogens is 1. The molecule has 0 aliphatic heterocycles. The highest BCUT2D eigenvalue weighted by molar-refractivity contribution is 6.34. The Bertz CT molecular complexity index is 806. The minimum absolute atomic E-state index is 0.221. The van der Waals surface area contributed by atoms with Crippen LogP contribution >= 0.6 is 11.6 Å². The van der Waals surface area contributed by atoms with Crippen LogP contribution in [0.3, 0.4) is 0 Å². The van der Waals surface area contributed by atoms with E-state index in [9.17, 15) is 10.2 Å². The number of aryl methyl sites for hydroxylation is 1. The van der Waals surface area contributed by atoms with Crippen molar-refractivity contribution in [3.63, 3.8) is 0 Å². The van der Waals surface area contributed by atoms with Crippen LogP contribution in [-0.2, 0) is 0 Å². The summed E-state index contributed by atoms with van der Waals surface area (Å²) in [6.45, 7) is 1.97. The minimum atomic E-state index is 0.221. The summed E-state index contributed by atoms with van der Waals surface area (Å²) in [5, 5.41) is 19.6. The molecule has 0 unspecified atom stereocenters. The third-order valence-electron chi connectivity index (χ3n) is 3.67. The van der Waals surface area contributed by atoms with Gasteiger partial charge in [0.15, 0.2) is 0 Å². The number of phenols is 2. The molecule has 110 valence electrons. The molecule has 0 atom stereocenters. The van der Waals surface area contributed by atoms with Crippen LogP contribution in [-0.4, -0.2) is 10.2 Å². The first-order valence-electron chi connectivity index (χ1n) is 6.94. The van der Waals surface area contributed by atoms with Crippen molar-refractivity contribution in [2.24, 2.45) is 0 Å². The van der Waals surface area contributed by atoms with E-state index in [1.165, 1.54) is 0 Å². The summed E-state index contributed by atoms with van der Waals surface area (Å²) in [7, 11) is 0. The van der Waals surface area contributed by atoms with E-state index in [2.05, 4.69) is 0 Å². The number of hydrogen-bond donors (Lipinski definition) is 2. The van der Waals surface area contributed by atoms with Gasteiger partial charge in [-0.1, -0.05) is 48.0 Å². The fourth-order valence-electron chi connectivity index (χ4n) is 2.47. The molecule has 0 radical (unpaired) electrons. The van der Waals surface area contributed by atoms with Gasteiger partial charge < -0.3 is 10.2 Å². The second-order valence-corrected chi connectivity index (χ2v) is 5.59. The normalized spacial score (nSPS) is 10.6. The maximum absolute atomic E-state index is 9.48. The lowest BCUT2D eigenvalue weighted by atomic mass is 9.93. The molecule has 0 aliphatic carbocycles. The SMILES string of the molecule is Cc1ccc(-c2ccc(O)cc2)c(-c2ccc(O)cc2)c1Cl. The Balaban J connectivity index is 2.25. The molecule has 3 rings (SSSR count). The molecule has 3 aromatic carbocycles. The first kappa shape index (κ1) is 14.5. The fraction of sp³-hybridized carbons (Fsp3) is 0.0526. The van der Waals surface area contributed by atoms with Crippen LogP contribution in [0.2, 0.25) is 5.02 Å². The summed E-state index contributed by atoms with van der Waals surface area (Å²) in [5.41, 5.74) is 4.82. The molecule has 0 amide bonds. The Kier molecular flexibility index (Phi) is 3.78. The quantitative estimate of drug-likeness (QED) is 0.666. The van der Waals surface area contributed by atoms with E-state index < -0.39 is 0 Å². The average molecular weight is 311 g/mol.